The molecule has 0 aromatic heterocycles. The van der Waals surface area contributed by atoms with E-state index in [9.17, 15) is 13.0 Å². The number of nitrogens with one attached hydrogen (secondary N) is 2. The predicted molar refractivity (Wildman–Crippen MR) is 89.5 cm³/mol. The van der Waals surface area contributed by atoms with E-state index in [2.05, 4.69) is 33.9 Å². The molecule has 25 heavy (non-hydrogen) atoms. The molecule has 0 amide bonds. The van der Waals surface area contributed by atoms with E-state index in [0.29, 0.717) is 0 Å². The van der Waals surface area contributed by atoms with Gasteiger partial charge in [0.05, 0.1) is 37.9 Å². The van der Waals surface area contributed by atoms with Crippen molar-refractivity contribution >= 4 is 29.0 Å². The van der Waals surface area contributed by atoms with Crippen molar-refractivity contribution in [3.63, 3.8) is 0 Å². The summed E-state index contributed by atoms with van der Waals surface area (Å²) in [6, 6.07) is 0. The second-order valence-electron chi connectivity index (χ2n) is 3.69. The smallest absolute Gasteiger partial charge is 0.217 e. The molecule has 2 aliphatic heterocycles. The number of nitrogens with zero attached hydrogens (tertiary/aromatic N) is 2. The zero-order valence-corrected chi connectivity index (χ0v) is 14.4. The van der Waals surface area contributed by atoms with Crippen LogP contribution in [0.4, 0.5) is 0 Å². The molecule has 0 fully saturated rings. The Kier molecular flexibility index (Phi) is 14.6. The van der Waals surface area contributed by atoms with Crippen LogP contribution in [0.3, 0.4) is 0 Å². The normalized spacial score (nSPS) is 18.6. The van der Waals surface area contributed by atoms with E-state index in [1.165, 1.54) is 0 Å². The fourth-order valence-corrected chi connectivity index (χ4v) is 0.844. The van der Waals surface area contributed by atoms with E-state index >= 15 is 0 Å². The minimum atomic E-state index is -4.41. The number of quaternary nitrogens is 2. The Labute approximate surface area is 146 Å². The van der Waals surface area contributed by atoms with Gasteiger partial charge in [0.15, 0.2) is 12.7 Å². The van der Waals surface area contributed by atoms with Crippen molar-refractivity contribution in [2.45, 2.75) is 0 Å². The fourth-order valence-electron chi connectivity index (χ4n) is 0.844. The summed E-state index contributed by atoms with van der Waals surface area (Å²) < 4.78 is 31.0. The number of carbonyl (C=O) groups excluding carboxylic acids is 1. The monoisotopic (exact) mass is 372 g/mol. The SMILES string of the molecule is C=CC(=O)[O-].C=C[NH+]1C=CN=C1.C=C[NH+]1C=CN=C1.COS(=O)(=O)[O-]. The summed E-state index contributed by atoms with van der Waals surface area (Å²) in [5, 5.41) is 9.14. The number of carboxylic acids is 1. The van der Waals surface area contributed by atoms with Crippen molar-refractivity contribution in [3.05, 3.63) is 63.0 Å². The lowest BCUT2D eigenvalue weighted by Crippen LogP contribution is -3.00. The molecule has 0 radical (unpaired) electrons. The van der Waals surface area contributed by atoms with Crippen molar-refractivity contribution in [1.29, 1.82) is 0 Å². The summed E-state index contributed by atoms with van der Waals surface area (Å²) in [5.41, 5.74) is 0. The van der Waals surface area contributed by atoms with E-state index in [1.54, 1.807) is 37.5 Å². The molecule has 0 saturated heterocycles. The minimum absolute atomic E-state index is 0.722. The van der Waals surface area contributed by atoms with Crippen LogP contribution in [-0.4, -0.2) is 38.7 Å². The largest absolute Gasteiger partial charge is 0.726 e. The number of hydrogen-bond acceptors (Lipinski definition) is 8. The van der Waals surface area contributed by atoms with Crippen molar-refractivity contribution in [3.8, 4) is 0 Å². The van der Waals surface area contributed by atoms with Crippen LogP contribution in [0.15, 0.2) is 73.0 Å². The highest BCUT2D eigenvalue weighted by Gasteiger charge is 1.96. The third-order valence-electron chi connectivity index (χ3n) is 2.00. The summed E-state index contributed by atoms with van der Waals surface area (Å²) in [7, 11) is -3.60. The molecule has 10 nitrogen and oxygen atoms in total. The first-order valence-corrected chi connectivity index (χ1v) is 7.76. The Morgan fingerprint density at radius 3 is 1.48 bits per heavy atom. The average molecular weight is 372 g/mol. The lowest BCUT2D eigenvalue weighted by atomic mass is 10.7. The molecule has 2 aliphatic rings. The highest BCUT2D eigenvalue weighted by molar-refractivity contribution is 7.80. The molecule has 11 heteroatoms. The molecule has 0 aromatic rings. The van der Waals surface area contributed by atoms with Gasteiger partial charge in [0, 0.05) is 0 Å². The van der Waals surface area contributed by atoms with Crippen molar-refractivity contribution in [2.24, 2.45) is 9.98 Å². The van der Waals surface area contributed by atoms with Gasteiger partial charge >= 0.3 is 0 Å². The van der Waals surface area contributed by atoms with Crippen molar-refractivity contribution < 1.29 is 36.9 Å². The van der Waals surface area contributed by atoms with Gasteiger partial charge in [-0.15, -0.1) is 0 Å². The third-order valence-corrected chi connectivity index (χ3v) is 2.40. The average Bonchev–Trinajstić information content (AvgIpc) is 3.28. The summed E-state index contributed by atoms with van der Waals surface area (Å²) in [6.45, 7) is 10.0. The lowest BCUT2D eigenvalue weighted by molar-refractivity contribution is -0.671. The molecule has 2 N–H and O–H groups in total. The Bertz CT molecular complexity index is 596. The van der Waals surface area contributed by atoms with Crippen LogP contribution in [-0.2, 0) is 19.4 Å². The third kappa shape index (κ3) is 19.3. The summed E-state index contributed by atoms with van der Waals surface area (Å²) >= 11 is 0. The quantitative estimate of drug-likeness (QED) is 0.308. The lowest BCUT2D eigenvalue weighted by Gasteiger charge is -1.98. The van der Waals surface area contributed by atoms with Crippen molar-refractivity contribution in [2.75, 3.05) is 7.11 Å². The molecule has 2 rings (SSSR count). The first-order valence-electron chi connectivity index (χ1n) is 6.43. The molecule has 0 bridgehead atoms. The topological polar surface area (TPSA) is 140 Å². The highest BCUT2D eigenvalue weighted by atomic mass is 32.3. The number of hydrogen-bond donors (Lipinski definition) is 2. The Balaban J connectivity index is 0. The van der Waals surface area contributed by atoms with Gasteiger partial charge in [-0.3, -0.25) is 4.18 Å². The maximum Gasteiger partial charge on any atom is 0.217 e. The van der Waals surface area contributed by atoms with Crippen LogP contribution in [0.5, 0.6) is 0 Å². The van der Waals surface area contributed by atoms with E-state index in [-0.39, 0.29) is 0 Å². The Morgan fingerprint density at radius 1 is 1.08 bits per heavy atom. The van der Waals surface area contributed by atoms with Crippen molar-refractivity contribution in [1.82, 2.24) is 0 Å². The Morgan fingerprint density at radius 2 is 1.40 bits per heavy atom. The van der Waals surface area contributed by atoms with E-state index < -0.39 is 16.4 Å². The van der Waals surface area contributed by atoms with Gasteiger partial charge in [-0.25, -0.2) is 28.2 Å². The number of rotatable bonds is 4. The van der Waals surface area contributed by atoms with Crippen LogP contribution in [0.1, 0.15) is 0 Å². The molecular formula is C14H20N4O6S. The van der Waals surface area contributed by atoms with Crippen LogP contribution in [0, 0.1) is 0 Å². The standard InChI is InChI=1S/2C5H6N2.C3H4O2.CH4O4S/c2*1-2-7-4-3-6-5-7;1-2-3(4)5;1-5-6(2,3)4/h2*2-5H,1H2;2H,1H2,(H,4,5);1H3,(H,2,3,4). The number of aliphatic imine (C=N–C) groups is 2. The first kappa shape index (κ1) is 24.6. The second-order valence-corrected chi connectivity index (χ2v) is 4.84. The molecule has 2 heterocycles. The predicted octanol–water partition coefficient (Wildman–Crippen LogP) is -2.93. The number of carbonyl (C=O) groups is 1. The Hall–Kier alpha value is -2.70. The van der Waals surface area contributed by atoms with Crippen LogP contribution >= 0.6 is 0 Å². The molecule has 0 aromatic carbocycles. The zero-order valence-electron chi connectivity index (χ0n) is 13.6. The first-order chi connectivity index (χ1) is 11.7. The molecule has 2 unspecified atom stereocenters. The van der Waals surface area contributed by atoms with Gasteiger partial charge in [0.1, 0.15) is 12.4 Å². The maximum atomic E-state index is 9.22. The van der Waals surface area contributed by atoms with Gasteiger partial charge in [0.2, 0.25) is 10.4 Å². The molecule has 0 saturated carbocycles. The molecule has 0 aliphatic carbocycles. The highest BCUT2D eigenvalue weighted by Crippen LogP contribution is 1.74. The zero-order chi connectivity index (χ0) is 19.7. The second kappa shape index (κ2) is 14.9. The number of aliphatic carboxylic acids is 1. The van der Waals surface area contributed by atoms with Gasteiger partial charge in [-0.1, -0.05) is 6.58 Å². The van der Waals surface area contributed by atoms with Crippen LogP contribution < -0.4 is 14.9 Å². The minimum Gasteiger partial charge on any atom is -0.726 e. The number of carboxylic acid groups (broad SMARTS) is 1. The summed E-state index contributed by atoms with van der Waals surface area (Å²) in [4.78, 5) is 18.9. The molecular weight excluding hydrogens is 352 g/mol. The van der Waals surface area contributed by atoms with E-state index in [4.69, 9.17) is 9.90 Å². The van der Waals surface area contributed by atoms with Crippen LogP contribution in [0.25, 0.3) is 0 Å². The molecule has 0 spiro atoms. The van der Waals surface area contributed by atoms with Crippen LogP contribution in [0.2, 0.25) is 0 Å². The summed E-state index contributed by atoms with van der Waals surface area (Å²) in [5.74, 6) is -1.23. The maximum absolute atomic E-state index is 9.22. The van der Waals surface area contributed by atoms with Gasteiger partial charge in [0.25, 0.3) is 0 Å². The molecule has 138 valence electrons. The van der Waals surface area contributed by atoms with Gasteiger partial charge in [-0.05, 0) is 19.2 Å². The van der Waals surface area contributed by atoms with Gasteiger partial charge < -0.3 is 14.5 Å². The van der Waals surface area contributed by atoms with Gasteiger partial charge in [-0.2, -0.15) is 0 Å². The summed E-state index contributed by atoms with van der Waals surface area (Å²) in [6.07, 6.45) is 15.1. The van der Waals surface area contributed by atoms with E-state index in [0.717, 1.165) is 23.0 Å². The fraction of sp³-hybridized carbons (Fsp3) is 0.0714. The van der Waals surface area contributed by atoms with E-state index in [1.807, 2.05) is 12.4 Å². The molecule has 2 atom stereocenters.